The third kappa shape index (κ3) is 2.97. The van der Waals surface area contributed by atoms with Gasteiger partial charge in [-0.25, -0.2) is 8.78 Å². The first-order chi connectivity index (χ1) is 13.8. The molecule has 0 atom stereocenters. The van der Waals surface area contributed by atoms with Crippen molar-refractivity contribution in [2.75, 3.05) is 5.32 Å². The van der Waals surface area contributed by atoms with Crippen LogP contribution in [0.2, 0.25) is 0 Å². The summed E-state index contributed by atoms with van der Waals surface area (Å²) in [5, 5.41) is 7.53. The van der Waals surface area contributed by atoms with Gasteiger partial charge >= 0.3 is 0 Å². The molecule has 0 saturated carbocycles. The minimum absolute atomic E-state index is 0.0612. The molecular formula is C24H19F2NOS. The van der Waals surface area contributed by atoms with E-state index in [0.717, 1.165) is 39.6 Å². The maximum atomic E-state index is 14.6. The summed E-state index contributed by atoms with van der Waals surface area (Å²) < 4.78 is 34.7. The molecule has 0 saturated heterocycles. The van der Waals surface area contributed by atoms with E-state index in [1.54, 1.807) is 11.3 Å². The van der Waals surface area contributed by atoms with Crippen molar-refractivity contribution in [3.63, 3.8) is 0 Å². The third-order valence-corrected chi connectivity index (χ3v) is 5.93. The number of halogens is 2. The largest absolute Gasteiger partial charge is 0.453 e. The lowest BCUT2D eigenvalue weighted by atomic mass is 9.83. The quantitative estimate of drug-likeness (QED) is 0.461. The van der Waals surface area contributed by atoms with Crippen LogP contribution in [0, 0.1) is 11.6 Å². The molecule has 1 aromatic heterocycles. The van der Waals surface area contributed by atoms with Crippen molar-refractivity contribution in [2.24, 2.45) is 0 Å². The normalized spacial score (nSPS) is 17.6. The Morgan fingerprint density at radius 2 is 1.90 bits per heavy atom. The molecule has 2 aliphatic heterocycles. The highest BCUT2D eigenvalue weighted by molar-refractivity contribution is 7.08. The van der Waals surface area contributed by atoms with Crippen molar-refractivity contribution in [2.45, 2.75) is 26.3 Å². The number of anilines is 1. The molecule has 0 aliphatic carbocycles. The fourth-order valence-electron chi connectivity index (χ4n) is 4.23. The average molecular weight is 407 g/mol. The van der Waals surface area contributed by atoms with E-state index in [1.807, 2.05) is 35.0 Å². The fraction of sp³-hybridized carbons (Fsp3) is 0.167. The SMILES string of the molecule is CC1=CC(C)(C)Nc2ccc3c(c21)/C(=C/c1ccsc1)Oc1c(F)cc(F)cc1-3. The number of hydrogen-bond donors (Lipinski definition) is 1. The number of fused-ring (bicyclic) bond motifs is 5. The molecule has 3 aromatic rings. The van der Waals surface area contributed by atoms with Crippen molar-refractivity contribution in [1.82, 2.24) is 0 Å². The highest BCUT2D eigenvalue weighted by Crippen LogP contribution is 2.50. The topological polar surface area (TPSA) is 21.3 Å². The lowest BCUT2D eigenvalue weighted by molar-refractivity contribution is 0.460. The Kier molecular flexibility index (Phi) is 3.93. The summed E-state index contributed by atoms with van der Waals surface area (Å²) in [4.78, 5) is 0. The summed E-state index contributed by atoms with van der Waals surface area (Å²) >= 11 is 1.58. The van der Waals surface area contributed by atoms with Crippen molar-refractivity contribution in [1.29, 1.82) is 0 Å². The van der Waals surface area contributed by atoms with Crippen LogP contribution < -0.4 is 10.1 Å². The molecular weight excluding hydrogens is 388 g/mol. The first kappa shape index (κ1) is 18.1. The second-order valence-electron chi connectivity index (χ2n) is 8.02. The number of benzene rings is 2. The number of ether oxygens (including phenoxy) is 1. The molecule has 3 heterocycles. The number of rotatable bonds is 1. The molecule has 2 aromatic carbocycles. The molecule has 5 heteroatoms. The zero-order valence-electron chi connectivity index (χ0n) is 16.3. The molecule has 2 nitrogen and oxygen atoms in total. The van der Waals surface area contributed by atoms with E-state index in [1.165, 1.54) is 6.07 Å². The van der Waals surface area contributed by atoms with E-state index in [9.17, 15) is 8.78 Å². The smallest absolute Gasteiger partial charge is 0.171 e. The van der Waals surface area contributed by atoms with E-state index in [4.69, 9.17) is 4.74 Å². The highest BCUT2D eigenvalue weighted by atomic mass is 32.1. The van der Waals surface area contributed by atoms with E-state index >= 15 is 0 Å². The van der Waals surface area contributed by atoms with Crippen LogP contribution >= 0.6 is 11.3 Å². The van der Waals surface area contributed by atoms with Crippen LogP contribution in [0.15, 0.2) is 47.2 Å². The summed E-state index contributed by atoms with van der Waals surface area (Å²) in [5.74, 6) is -0.704. The molecule has 1 N–H and O–H groups in total. The molecule has 0 fully saturated rings. The summed E-state index contributed by atoms with van der Waals surface area (Å²) in [6.07, 6.45) is 4.08. The molecule has 0 unspecified atom stereocenters. The number of hydrogen-bond acceptors (Lipinski definition) is 3. The Bertz CT molecular complexity index is 1210. The zero-order chi connectivity index (χ0) is 20.3. The van der Waals surface area contributed by atoms with Gasteiger partial charge in [0.05, 0.1) is 5.54 Å². The zero-order valence-corrected chi connectivity index (χ0v) is 17.1. The second kappa shape index (κ2) is 6.29. The van der Waals surface area contributed by atoms with Gasteiger partial charge in [0.15, 0.2) is 11.6 Å². The van der Waals surface area contributed by atoms with E-state index < -0.39 is 11.6 Å². The van der Waals surface area contributed by atoms with Crippen molar-refractivity contribution >= 4 is 34.4 Å². The van der Waals surface area contributed by atoms with Gasteiger partial charge in [-0.15, -0.1) is 0 Å². The van der Waals surface area contributed by atoms with Crippen LogP contribution in [0.4, 0.5) is 14.5 Å². The van der Waals surface area contributed by atoms with Gasteiger partial charge in [0.2, 0.25) is 0 Å². The van der Waals surface area contributed by atoms with Crippen molar-refractivity contribution in [3.05, 3.63) is 75.5 Å². The lowest BCUT2D eigenvalue weighted by Crippen LogP contribution is -2.32. The lowest BCUT2D eigenvalue weighted by Gasteiger charge is -2.35. The average Bonchev–Trinajstić information content (AvgIpc) is 3.14. The van der Waals surface area contributed by atoms with Gasteiger partial charge < -0.3 is 10.1 Å². The van der Waals surface area contributed by atoms with Gasteiger partial charge in [-0.05, 0) is 72.5 Å². The van der Waals surface area contributed by atoms with Crippen molar-refractivity contribution in [3.8, 4) is 16.9 Å². The van der Waals surface area contributed by atoms with Crippen LogP contribution in [-0.2, 0) is 0 Å². The van der Waals surface area contributed by atoms with Gasteiger partial charge in [-0.3, -0.25) is 0 Å². The summed E-state index contributed by atoms with van der Waals surface area (Å²) in [6.45, 7) is 6.28. The fourth-order valence-corrected chi connectivity index (χ4v) is 4.85. The third-order valence-electron chi connectivity index (χ3n) is 5.23. The maximum absolute atomic E-state index is 14.6. The van der Waals surface area contributed by atoms with Gasteiger partial charge in [0, 0.05) is 28.4 Å². The van der Waals surface area contributed by atoms with E-state index in [-0.39, 0.29) is 11.3 Å². The van der Waals surface area contributed by atoms with Crippen molar-refractivity contribution < 1.29 is 13.5 Å². The van der Waals surface area contributed by atoms with Gasteiger partial charge in [-0.2, -0.15) is 11.3 Å². The summed E-state index contributed by atoms with van der Waals surface area (Å²) in [6, 6.07) is 8.07. The van der Waals surface area contributed by atoms with Crippen LogP contribution in [0.25, 0.3) is 28.5 Å². The van der Waals surface area contributed by atoms with Crippen LogP contribution in [-0.4, -0.2) is 5.54 Å². The maximum Gasteiger partial charge on any atom is 0.171 e. The number of nitrogens with one attached hydrogen (secondary N) is 1. The van der Waals surface area contributed by atoms with Gasteiger partial charge in [0.25, 0.3) is 0 Å². The Balaban J connectivity index is 1.84. The first-order valence-electron chi connectivity index (χ1n) is 9.39. The number of thiophene rings is 1. The van der Waals surface area contributed by atoms with Gasteiger partial charge in [-0.1, -0.05) is 12.1 Å². The molecule has 0 radical (unpaired) electrons. The van der Waals surface area contributed by atoms with E-state index in [0.29, 0.717) is 11.3 Å². The Morgan fingerprint density at radius 1 is 1.07 bits per heavy atom. The molecule has 2 aliphatic rings. The second-order valence-corrected chi connectivity index (χ2v) is 8.80. The van der Waals surface area contributed by atoms with Crippen LogP contribution in [0.1, 0.15) is 37.5 Å². The Morgan fingerprint density at radius 3 is 2.66 bits per heavy atom. The Labute approximate surface area is 172 Å². The van der Waals surface area contributed by atoms with Crippen LogP contribution in [0.5, 0.6) is 5.75 Å². The van der Waals surface area contributed by atoms with E-state index in [2.05, 4.69) is 32.2 Å². The monoisotopic (exact) mass is 407 g/mol. The molecule has 0 spiro atoms. The molecule has 0 amide bonds. The Hall–Kier alpha value is -2.92. The molecule has 5 rings (SSSR count). The molecule has 29 heavy (non-hydrogen) atoms. The first-order valence-corrected chi connectivity index (χ1v) is 10.3. The van der Waals surface area contributed by atoms with Crippen LogP contribution in [0.3, 0.4) is 0 Å². The number of allylic oxidation sites excluding steroid dienone is 1. The predicted octanol–water partition coefficient (Wildman–Crippen LogP) is 7.19. The summed E-state index contributed by atoms with van der Waals surface area (Å²) in [7, 11) is 0. The summed E-state index contributed by atoms with van der Waals surface area (Å²) in [5.41, 5.74) is 5.91. The van der Waals surface area contributed by atoms with Gasteiger partial charge in [0.1, 0.15) is 11.6 Å². The minimum atomic E-state index is -0.703. The predicted molar refractivity (Wildman–Crippen MR) is 116 cm³/mol. The molecule has 146 valence electrons. The minimum Gasteiger partial charge on any atom is -0.453 e. The molecule has 0 bridgehead atoms. The standard InChI is InChI=1S/C24H19F2NOS/c1-13-11-24(2,3)27-19-5-4-16-17-9-15(25)10-18(26)23(17)28-20(22(16)21(13)19)8-14-6-7-29-12-14/h4-12,27H,1-3H3/b20-8-. The highest BCUT2D eigenvalue weighted by Gasteiger charge is 2.32.